The minimum Gasteiger partial charge on any atom is -0.497 e. The van der Waals surface area contributed by atoms with E-state index in [1.807, 2.05) is 36.2 Å². The molecule has 4 aliphatic rings. The van der Waals surface area contributed by atoms with E-state index in [0.717, 1.165) is 43.5 Å². The minimum absolute atomic E-state index is 0.0519. The van der Waals surface area contributed by atoms with Crippen LogP contribution in [0.15, 0.2) is 36.4 Å². The molecule has 3 saturated carbocycles. The van der Waals surface area contributed by atoms with Crippen molar-refractivity contribution in [1.82, 2.24) is 4.90 Å². The van der Waals surface area contributed by atoms with Crippen LogP contribution in [-0.4, -0.2) is 36.9 Å². The number of amides is 2. The van der Waals surface area contributed by atoms with Gasteiger partial charge in [0.15, 0.2) is 0 Å². The highest BCUT2D eigenvalue weighted by molar-refractivity contribution is 5.93. The third kappa shape index (κ3) is 3.11. The number of nitrogens with zero attached hydrogens (tertiary/aromatic N) is 1. The summed E-state index contributed by atoms with van der Waals surface area (Å²) in [7, 11) is 3.62. The number of anilines is 1. The second kappa shape index (κ2) is 7.64. The average molecular weight is 437 g/mol. The Bertz CT molecular complexity index is 941. The molecule has 1 heterocycles. The lowest BCUT2D eigenvalue weighted by molar-refractivity contribution is -0.141. The molecule has 1 aromatic rings. The second-order valence-electron chi connectivity index (χ2n) is 11.0. The number of benzene rings is 1. The predicted molar refractivity (Wildman–Crippen MR) is 125 cm³/mol. The van der Waals surface area contributed by atoms with Crippen molar-refractivity contribution < 1.29 is 14.3 Å². The van der Waals surface area contributed by atoms with Crippen LogP contribution in [0, 0.1) is 34.5 Å². The Morgan fingerprint density at radius 2 is 1.81 bits per heavy atom. The molecule has 3 fully saturated rings. The molecule has 0 aromatic heterocycles. The molecule has 1 N–H and O–H groups in total. The van der Waals surface area contributed by atoms with Gasteiger partial charge in [-0.3, -0.25) is 9.59 Å². The molecule has 1 aromatic carbocycles. The monoisotopic (exact) mass is 436 g/mol. The van der Waals surface area contributed by atoms with Crippen LogP contribution < -0.4 is 10.1 Å². The minimum atomic E-state index is 0.0519. The van der Waals surface area contributed by atoms with Gasteiger partial charge in [-0.1, -0.05) is 19.9 Å². The fourth-order valence-electron chi connectivity index (χ4n) is 8.07. The normalized spacial score (nSPS) is 40.3. The summed E-state index contributed by atoms with van der Waals surface area (Å²) in [5.74, 6) is 2.98. The largest absolute Gasteiger partial charge is 0.497 e. The summed E-state index contributed by atoms with van der Waals surface area (Å²) in [6, 6.07) is 7.91. The number of methoxy groups -OCH3 is 1. The number of carbonyl (C=O) groups excluding carboxylic acids is 2. The van der Waals surface area contributed by atoms with Gasteiger partial charge < -0.3 is 15.0 Å². The smallest absolute Gasteiger partial charge is 0.246 e. The summed E-state index contributed by atoms with van der Waals surface area (Å²) in [5, 5.41) is 3.18. The first-order valence-electron chi connectivity index (χ1n) is 12.2. The summed E-state index contributed by atoms with van der Waals surface area (Å²) in [6.45, 7) is 4.75. The lowest BCUT2D eigenvalue weighted by Gasteiger charge is -2.60. The first-order valence-corrected chi connectivity index (χ1v) is 12.2. The number of likely N-dealkylation sites (N-methyl/N-ethyl adjacent to an activating group) is 1. The molecule has 0 saturated heterocycles. The molecule has 2 amide bonds. The average Bonchev–Trinajstić information content (AvgIpc) is 3.14. The topological polar surface area (TPSA) is 58.6 Å². The lowest BCUT2D eigenvalue weighted by Crippen LogP contribution is -2.59. The van der Waals surface area contributed by atoms with Crippen LogP contribution in [0.4, 0.5) is 5.69 Å². The maximum Gasteiger partial charge on any atom is 0.246 e. The Labute approximate surface area is 191 Å². The van der Waals surface area contributed by atoms with Crippen LogP contribution in [0.25, 0.3) is 0 Å². The van der Waals surface area contributed by atoms with Crippen LogP contribution in [-0.2, 0) is 9.59 Å². The lowest BCUT2D eigenvalue weighted by atomic mass is 9.47. The van der Waals surface area contributed by atoms with Crippen molar-refractivity contribution in [2.45, 2.75) is 58.4 Å². The van der Waals surface area contributed by atoms with E-state index in [4.69, 9.17) is 4.74 Å². The van der Waals surface area contributed by atoms with Crippen LogP contribution in [0.5, 0.6) is 5.75 Å². The summed E-state index contributed by atoms with van der Waals surface area (Å²) in [4.78, 5) is 27.6. The van der Waals surface area contributed by atoms with E-state index in [-0.39, 0.29) is 28.6 Å². The molecule has 0 bridgehead atoms. The standard InChI is InChI=1S/C27H36N2O3/c1-26-15-13-21-19(9-12-23-27(21,2)16-14-24(30)29(23)3)20(26)10-11-22(26)25(31)28-17-5-7-18(32-4)8-6-17/h5-8,14,16,19-23H,9-13,15H2,1-4H3,(H,28,31)/t19-,20-,21-,22+,23+,26-,27+/m0/s1. The first kappa shape index (κ1) is 21.5. The Kier molecular flexibility index (Phi) is 5.14. The van der Waals surface area contributed by atoms with Crippen LogP contribution in [0.3, 0.4) is 0 Å². The zero-order chi connectivity index (χ0) is 22.7. The third-order valence-electron chi connectivity index (χ3n) is 9.80. The summed E-state index contributed by atoms with van der Waals surface area (Å²) < 4.78 is 5.23. The molecule has 5 heteroatoms. The van der Waals surface area contributed by atoms with E-state index >= 15 is 0 Å². The van der Waals surface area contributed by atoms with Gasteiger partial charge in [0, 0.05) is 30.1 Å². The Balaban J connectivity index is 1.35. The number of rotatable bonds is 3. The van der Waals surface area contributed by atoms with Crippen molar-refractivity contribution in [3.63, 3.8) is 0 Å². The fraction of sp³-hybridized carbons (Fsp3) is 0.630. The highest BCUT2D eigenvalue weighted by Gasteiger charge is 2.61. The van der Waals surface area contributed by atoms with Gasteiger partial charge in [0.1, 0.15) is 5.75 Å². The number of nitrogens with one attached hydrogen (secondary N) is 1. The second-order valence-corrected chi connectivity index (χ2v) is 11.0. The van der Waals surface area contributed by atoms with Crippen molar-refractivity contribution in [2.75, 3.05) is 19.5 Å². The molecular formula is C27H36N2O3. The van der Waals surface area contributed by atoms with Crippen LogP contribution in [0.1, 0.15) is 52.4 Å². The molecule has 0 radical (unpaired) electrons. The van der Waals surface area contributed by atoms with Crippen molar-refractivity contribution in [3.05, 3.63) is 36.4 Å². The van der Waals surface area contributed by atoms with Gasteiger partial charge in [0.25, 0.3) is 0 Å². The molecular weight excluding hydrogens is 400 g/mol. The number of hydrogen-bond acceptors (Lipinski definition) is 3. The number of ether oxygens (including phenoxy) is 1. The quantitative estimate of drug-likeness (QED) is 0.734. The van der Waals surface area contributed by atoms with Crippen molar-refractivity contribution in [3.8, 4) is 5.75 Å². The molecule has 0 spiro atoms. The Morgan fingerprint density at radius 1 is 1.06 bits per heavy atom. The third-order valence-corrected chi connectivity index (χ3v) is 9.80. The molecule has 7 atom stereocenters. The van der Waals surface area contributed by atoms with E-state index in [9.17, 15) is 9.59 Å². The first-order chi connectivity index (χ1) is 15.3. The fourth-order valence-corrected chi connectivity index (χ4v) is 8.07. The Morgan fingerprint density at radius 3 is 2.53 bits per heavy atom. The van der Waals surface area contributed by atoms with Crippen molar-refractivity contribution >= 4 is 17.5 Å². The summed E-state index contributed by atoms with van der Waals surface area (Å²) in [6.07, 6.45) is 10.6. The molecule has 0 unspecified atom stereocenters. The van der Waals surface area contributed by atoms with E-state index in [1.54, 1.807) is 13.2 Å². The van der Waals surface area contributed by atoms with Gasteiger partial charge in [-0.15, -0.1) is 0 Å². The van der Waals surface area contributed by atoms with Gasteiger partial charge in [-0.2, -0.15) is 0 Å². The van der Waals surface area contributed by atoms with E-state index in [2.05, 4.69) is 25.2 Å². The van der Waals surface area contributed by atoms with Gasteiger partial charge in [-0.05, 0) is 92.0 Å². The molecule has 32 heavy (non-hydrogen) atoms. The zero-order valence-electron chi connectivity index (χ0n) is 19.8. The molecule has 5 rings (SSSR count). The zero-order valence-corrected chi connectivity index (χ0v) is 19.8. The van der Waals surface area contributed by atoms with Gasteiger partial charge in [0.05, 0.1) is 7.11 Å². The maximum absolute atomic E-state index is 13.4. The molecule has 3 aliphatic carbocycles. The van der Waals surface area contributed by atoms with Gasteiger partial charge in [0.2, 0.25) is 11.8 Å². The SMILES string of the molecule is COc1ccc(NC(=O)[C@H]2CC[C@H]3[C@@H]4CC[C@H]5N(C)C(=O)C=C[C@]5(C)[C@H]4CC[C@]23C)cc1. The Hall–Kier alpha value is -2.30. The maximum atomic E-state index is 13.4. The van der Waals surface area contributed by atoms with E-state index in [0.29, 0.717) is 23.8 Å². The van der Waals surface area contributed by atoms with E-state index in [1.165, 1.54) is 6.42 Å². The van der Waals surface area contributed by atoms with E-state index < -0.39 is 0 Å². The highest BCUT2D eigenvalue weighted by Crippen LogP contribution is 2.65. The number of carbonyl (C=O) groups is 2. The van der Waals surface area contributed by atoms with Crippen LogP contribution >= 0.6 is 0 Å². The van der Waals surface area contributed by atoms with Gasteiger partial charge in [-0.25, -0.2) is 0 Å². The van der Waals surface area contributed by atoms with Crippen molar-refractivity contribution in [1.29, 1.82) is 0 Å². The highest BCUT2D eigenvalue weighted by atomic mass is 16.5. The number of fused-ring (bicyclic) bond motifs is 5. The number of hydrogen-bond donors (Lipinski definition) is 1. The molecule has 1 aliphatic heterocycles. The van der Waals surface area contributed by atoms with Gasteiger partial charge >= 0.3 is 0 Å². The summed E-state index contributed by atoms with van der Waals surface area (Å²) >= 11 is 0. The molecule has 172 valence electrons. The molecule has 5 nitrogen and oxygen atoms in total. The van der Waals surface area contributed by atoms with Crippen LogP contribution in [0.2, 0.25) is 0 Å². The predicted octanol–water partition coefficient (Wildman–Crippen LogP) is 4.89. The summed E-state index contributed by atoms with van der Waals surface area (Å²) in [5.41, 5.74) is 0.946. The van der Waals surface area contributed by atoms with Crippen molar-refractivity contribution in [2.24, 2.45) is 34.5 Å².